The third-order valence-corrected chi connectivity index (χ3v) is 4.03. The zero-order valence-corrected chi connectivity index (χ0v) is 10.3. The second-order valence-electron chi connectivity index (χ2n) is 4.15. The van der Waals surface area contributed by atoms with E-state index in [9.17, 15) is 9.59 Å². The van der Waals surface area contributed by atoms with E-state index in [1.165, 1.54) is 6.07 Å². The number of hydrogen-bond acceptors (Lipinski definition) is 2. The Morgan fingerprint density at radius 2 is 2.25 bits per heavy atom. The standard InChI is InChI=1S/C11H13BrN2O2/c12-7-11(5-2-6-11)14-10(16)8-3-1-4-9(15)13-8/h1,3-4H,2,5-7H2,(H,13,15)(H,14,16). The fraction of sp³-hybridized carbons (Fsp3) is 0.455. The maximum Gasteiger partial charge on any atom is 0.268 e. The first kappa shape index (κ1) is 11.4. The van der Waals surface area contributed by atoms with Gasteiger partial charge in [-0.3, -0.25) is 9.59 Å². The van der Waals surface area contributed by atoms with Crippen LogP contribution in [0.2, 0.25) is 0 Å². The molecule has 0 bridgehead atoms. The molecule has 0 aliphatic heterocycles. The normalized spacial score (nSPS) is 17.6. The molecular formula is C11H13BrN2O2. The zero-order chi connectivity index (χ0) is 11.6. The zero-order valence-electron chi connectivity index (χ0n) is 8.75. The van der Waals surface area contributed by atoms with Gasteiger partial charge in [0, 0.05) is 11.4 Å². The number of alkyl halides is 1. The van der Waals surface area contributed by atoms with Crippen molar-refractivity contribution in [3.05, 3.63) is 34.2 Å². The molecule has 86 valence electrons. The third-order valence-electron chi connectivity index (χ3n) is 2.96. The molecule has 0 radical (unpaired) electrons. The van der Waals surface area contributed by atoms with Crippen LogP contribution >= 0.6 is 15.9 Å². The molecule has 1 aliphatic carbocycles. The minimum Gasteiger partial charge on any atom is -0.344 e. The van der Waals surface area contributed by atoms with Crippen molar-refractivity contribution in [3.8, 4) is 0 Å². The fourth-order valence-electron chi connectivity index (χ4n) is 1.78. The quantitative estimate of drug-likeness (QED) is 0.825. The van der Waals surface area contributed by atoms with Gasteiger partial charge in [-0.1, -0.05) is 22.0 Å². The Labute approximate surface area is 102 Å². The summed E-state index contributed by atoms with van der Waals surface area (Å²) in [6.45, 7) is 0. The third kappa shape index (κ3) is 2.19. The Bertz CT molecular complexity index is 446. The minimum atomic E-state index is -0.255. The van der Waals surface area contributed by atoms with Crippen LogP contribution in [0.25, 0.3) is 0 Å². The molecule has 4 nitrogen and oxygen atoms in total. The van der Waals surface area contributed by atoms with Gasteiger partial charge in [-0.15, -0.1) is 0 Å². The lowest BCUT2D eigenvalue weighted by Gasteiger charge is -2.41. The molecule has 0 spiro atoms. The first-order valence-corrected chi connectivity index (χ1v) is 6.35. The number of aromatic nitrogens is 1. The van der Waals surface area contributed by atoms with E-state index in [1.54, 1.807) is 12.1 Å². The summed E-state index contributed by atoms with van der Waals surface area (Å²) in [5.41, 5.74) is -0.0574. The van der Waals surface area contributed by atoms with Crippen molar-refractivity contribution in [2.45, 2.75) is 24.8 Å². The summed E-state index contributed by atoms with van der Waals surface area (Å²) < 4.78 is 0. The van der Waals surface area contributed by atoms with Crippen molar-refractivity contribution < 1.29 is 4.79 Å². The van der Waals surface area contributed by atoms with Crippen LogP contribution in [-0.2, 0) is 0 Å². The summed E-state index contributed by atoms with van der Waals surface area (Å²) in [6.07, 6.45) is 3.11. The molecule has 1 aromatic heterocycles. The second kappa shape index (κ2) is 4.41. The van der Waals surface area contributed by atoms with E-state index in [-0.39, 0.29) is 17.0 Å². The smallest absolute Gasteiger partial charge is 0.268 e. The van der Waals surface area contributed by atoms with Crippen LogP contribution in [0, 0.1) is 0 Å². The van der Waals surface area contributed by atoms with Crippen molar-refractivity contribution in [1.29, 1.82) is 0 Å². The molecule has 0 saturated heterocycles. The summed E-state index contributed by atoms with van der Waals surface area (Å²) in [7, 11) is 0. The van der Waals surface area contributed by atoms with Gasteiger partial charge in [0.05, 0.1) is 5.54 Å². The number of pyridine rings is 1. The number of H-pyrrole nitrogens is 1. The molecule has 1 aromatic rings. The molecule has 0 aromatic carbocycles. The number of amides is 1. The van der Waals surface area contributed by atoms with Crippen molar-refractivity contribution in [2.75, 3.05) is 5.33 Å². The van der Waals surface area contributed by atoms with Crippen LogP contribution in [0.4, 0.5) is 0 Å². The van der Waals surface area contributed by atoms with Gasteiger partial charge >= 0.3 is 0 Å². The molecule has 1 saturated carbocycles. The van der Waals surface area contributed by atoms with Crippen molar-refractivity contribution in [1.82, 2.24) is 10.3 Å². The first-order valence-electron chi connectivity index (χ1n) is 5.23. The number of hydrogen-bond donors (Lipinski definition) is 2. The molecule has 1 amide bonds. The van der Waals surface area contributed by atoms with Gasteiger partial charge in [0.2, 0.25) is 5.56 Å². The SMILES string of the molecule is O=C(NC1(CBr)CCC1)c1cccc(=O)[nH]1. The van der Waals surface area contributed by atoms with E-state index in [2.05, 4.69) is 26.2 Å². The summed E-state index contributed by atoms with van der Waals surface area (Å²) in [4.78, 5) is 25.4. The summed E-state index contributed by atoms with van der Waals surface area (Å²) in [5.74, 6) is -0.211. The molecule has 1 fully saturated rings. The number of rotatable bonds is 3. The van der Waals surface area contributed by atoms with Crippen molar-refractivity contribution in [2.24, 2.45) is 0 Å². The van der Waals surface area contributed by atoms with E-state index in [4.69, 9.17) is 0 Å². The average Bonchev–Trinajstić information content (AvgIpc) is 2.23. The molecular weight excluding hydrogens is 272 g/mol. The number of carbonyl (C=O) groups excluding carboxylic acids is 1. The van der Waals surface area contributed by atoms with E-state index < -0.39 is 0 Å². The number of halogens is 1. The van der Waals surface area contributed by atoms with Crippen LogP contribution in [0.1, 0.15) is 29.8 Å². The van der Waals surface area contributed by atoms with Gasteiger partial charge in [0.15, 0.2) is 0 Å². The monoisotopic (exact) mass is 284 g/mol. The molecule has 1 aliphatic rings. The molecule has 2 N–H and O–H groups in total. The number of aromatic amines is 1. The lowest BCUT2D eigenvalue weighted by atomic mass is 9.78. The van der Waals surface area contributed by atoms with Crippen LogP contribution in [0.15, 0.2) is 23.0 Å². The Kier molecular flexibility index (Phi) is 3.14. The molecule has 0 atom stereocenters. The highest BCUT2D eigenvalue weighted by Crippen LogP contribution is 2.33. The highest BCUT2D eigenvalue weighted by Gasteiger charge is 2.37. The number of nitrogens with one attached hydrogen (secondary N) is 2. The fourth-order valence-corrected chi connectivity index (χ4v) is 2.48. The van der Waals surface area contributed by atoms with Crippen molar-refractivity contribution >= 4 is 21.8 Å². The lowest BCUT2D eigenvalue weighted by Crippen LogP contribution is -2.55. The van der Waals surface area contributed by atoms with Gasteiger partial charge in [-0.2, -0.15) is 0 Å². The van der Waals surface area contributed by atoms with Crippen LogP contribution in [-0.4, -0.2) is 21.8 Å². The maximum atomic E-state index is 11.9. The molecule has 1 heterocycles. The van der Waals surface area contributed by atoms with Crippen LogP contribution < -0.4 is 10.9 Å². The van der Waals surface area contributed by atoms with E-state index in [1.807, 2.05) is 0 Å². The molecule has 0 unspecified atom stereocenters. The Hall–Kier alpha value is -1.10. The summed E-state index contributed by atoms with van der Waals surface area (Å²) >= 11 is 3.41. The minimum absolute atomic E-state index is 0.121. The Balaban J connectivity index is 2.11. The average molecular weight is 285 g/mol. The Morgan fingerprint density at radius 3 is 2.75 bits per heavy atom. The first-order chi connectivity index (χ1) is 7.65. The Morgan fingerprint density at radius 1 is 1.50 bits per heavy atom. The van der Waals surface area contributed by atoms with Gasteiger partial charge < -0.3 is 10.3 Å². The van der Waals surface area contributed by atoms with Gasteiger partial charge in [-0.05, 0) is 25.3 Å². The predicted octanol–water partition coefficient (Wildman–Crippen LogP) is 1.42. The number of carbonyl (C=O) groups is 1. The van der Waals surface area contributed by atoms with Crippen LogP contribution in [0.5, 0.6) is 0 Å². The van der Waals surface area contributed by atoms with E-state index in [0.29, 0.717) is 5.69 Å². The van der Waals surface area contributed by atoms with Gasteiger partial charge in [-0.25, -0.2) is 0 Å². The molecule has 16 heavy (non-hydrogen) atoms. The molecule has 2 rings (SSSR count). The van der Waals surface area contributed by atoms with E-state index >= 15 is 0 Å². The van der Waals surface area contributed by atoms with Crippen molar-refractivity contribution in [3.63, 3.8) is 0 Å². The van der Waals surface area contributed by atoms with Gasteiger partial charge in [0.25, 0.3) is 5.91 Å². The van der Waals surface area contributed by atoms with Gasteiger partial charge in [0.1, 0.15) is 5.69 Å². The molecule has 5 heteroatoms. The predicted molar refractivity (Wildman–Crippen MR) is 64.9 cm³/mol. The largest absolute Gasteiger partial charge is 0.344 e. The summed E-state index contributed by atoms with van der Waals surface area (Å²) in [5, 5.41) is 3.72. The highest BCUT2D eigenvalue weighted by atomic mass is 79.9. The lowest BCUT2D eigenvalue weighted by molar-refractivity contribution is 0.0851. The summed E-state index contributed by atoms with van der Waals surface area (Å²) in [6, 6.07) is 4.58. The van der Waals surface area contributed by atoms with E-state index in [0.717, 1.165) is 24.6 Å². The second-order valence-corrected chi connectivity index (χ2v) is 4.71. The van der Waals surface area contributed by atoms with Crippen LogP contribution in [0.3, 0.4) is 0 Å². The topological polar surface area (TPSA) is 62.0 Å². The maximum absolute atomic E-state index is 11.9. The highest BCUT2D eigenvalue weighted by molar-refractivity contribution is 9.09.